The Kier molecular flexibility index (Phi) is 36.3. The minimum absolute atomic E-state index is 0.944. The van der Waals surface area contributed by atoms with Crippen LogP contribution >= 0.6 is 0 Å². The zero-order valence-electron chi connectivity index (χ0n) is 35.5. The molecule has 296 valence electrons. The Labute approximate surface area is 324 Å². The average Bonchev–Trinajstić information content (AvgIpc) is 3.12. The first kappa shape index (κ1) is 51.2. The van der Waals surface area contributed by atoms with Crippen molar-refractivity contribution in [2.45, 2.75) is 218 Å². The molecule has 7 heteroatoms. The van der Waals surface area contributed by atoms with Crippen LogP contribution in [-0.2, 0) is 9.22 Å². The minimum atomic E-state index is -2.61. The Balaban J connectivity index is 6.00. The molecule has 4 nitrogen and oxygen atoms in total. The molecule has 0 aromatic rings. The van der Waals surface area contributed by atoms with Gasteiger partial charge in [0.15, 0.2) is 0 Å². The summed E-state index contributed by atoms with van der Waals surface area (Å²) >= 11 is -7.84. The van der Waals surface area contributed by atoms with Crippen molar-refractivity contribution < 1.29 is 9.22 Å². The van der Waals surface area contributed by atoms with Gasteiger partial charge in [-0.05, 0) is 0 Å². The van der Waals surface area contributed by atoms with Crippen LogP contribution in [0.4, 0.5) is 0 Å². The van der Waals surface area contributed by atoms with Gasteiger partial charge in [-0.2, -0.15) is 0 Å². The molecule has 0 N–H and O–H groups in total. The molecule has 0 aliphatic heterocycles. The van der Waals surface area contributed by atoms with Crippen LogP contribution < -0.4 is 0 Å². The van der Waals surface area contributed by atoms with Gasteiger partial charge in [0.25, 0.3) is 0 Å². The van der Waals surface area contributed by atoms with Gasteiger partial charge >= 0.3 is 328 Å². The van der Waals surface area contributed by atoms with Gasteiger partial charge < -0.3 is 0 Å². The fraction of sp³-hybridized carbons (Fsp3) is 1.00. The first-order chi connectivity index (χ1) is 23.8. The maximum atomic E-state index is 7.29. The molecule has 0 unspecified atom stereocenters. The van der Waals surface area contributed by atoms with Crippen molar-refractivity contribution in [2.24, 2.45) is 0 Å². The quantitative estimate of drug-likeness (QED) is 0.0574. The SMILES string of the molecule is CCC[CH2][Sn]([CH2]CCC)([CH2]CCC)[O]CCN(CC[O][Sn]([CH2]CCC)([CH2]CCC)[CH2]CCC)CC[O][Sn]([CH2]CCC)([CH2]CCC)[CH2]CCC. The van der Waals surface area contributed by atoms with Crippen LogP contribution in [0.25, 0.3) is 0 Å². The molecule has 0 aromatic carbocycles. The summed E-state index contributed by atoms with van der Waals surface area (Å²) in [6, 6.07) is 0. The van der Waals surface area contributed by atoms with Gasteiger partial charge in [0.1, 0.15) is 0 Å². The number of rotatable bonds is 39. The Morgan fingerprint density at radius 3 is 0.592 bits per heavy atom. The van der Waals surface area contributed by atoms with E-state index in [1.54, 1.807) is 0 Å². The Hall–Kier alpha value is 2.24. The fourth-order valence-corrected chi connectivity index (χ4v) is 48.0. The van der Waals surface area contributed by atoms with E-state index in [2.05, 4.69) is 67.2 Å². The zero-order valence-corrected chi connectivity index (χ0v) is 44.1. The molecule has 0 saturated carbocycles. The Morgan fingerprint density at radius 2 is 0.449 bits per heavy atom. The molecular weight excluding hydrogens is 923 g/mol. The maximum absolute atomic E-state index is 7.29. The second kappa shape index (κ2) is 34.7. The second-order valence-corrected chi connectivity index (χ2v) is 51.4. The van der Waals surface area contributed by atoms with Gasteiger partial charge in [-0.25, -0.2) is 0 Å². The van der Waals surface area contributed by atoms with Gasteiger partial charge in [-0.1, -0.05) is 0 Å². The van der Waals surface area contributed by atoms with Crippen LogP contribution in [0.5, 0.6) is 0 Å². The van der Waals surface area contributed by atoms with Crippen LogP contribution in [-0.4, -0.2) is 101 Å². The Morgan fingerprint density at radius 1 is 0.286 bits per heavy atom. The third-order valence-electron chi connectivity index (χ3n) is 11.3. The van der Waals surface area contributed by atoms with Crippen molar-refractivity contribution in [1.82, 2.24) is 4.90 Å². The van der Waals surface area contributed by atoms with E-state index in [4.69, 9.17) is 9.22 Å². The molecule has 49 heavy (non-hydrogen) atoms. The van der Waals surface area contributed by atoms with E-state index < -0.39 is 56.4 Å². The van der Waals surface area contributed by atoms with Crippen molar-refractivity contribution in [3.05, 3.63) is 0 Å². The van der Waals surface area contributed by atoms with E-state index in [-0.39, 0.29) is 0 Å². The van der Waals surface area contributed by atoms with Gasteiger partial charge in [0.2, 0.25) is 0 Å². The molecule has 0 aromatic heterocycles. The van der Waals surface area contributed by atoms with Gasteiger partial charge in [0.05, 0.1) is 0 Å². The van der Waals surface area contributed by atoms with Crippen molar-refractivity contribution in [2.75, 3.05) is 39.5 Å². The Bertz CT molecular complexity index is 542. The summed E-state index contributed by atoms with van der Waals surface area (Å²) in [4.78, 5) is 2.74. The second-order valence-electron chi connectivity index (χ2n) is 15.9. The van der Waals surface area contributed by atoms with Gasteiger partial charge in [-0.3, -0.25) is 0 Å². The van der Waals surface area contributed by atoms with E-state index >= 15 is 0 Å². The monoisotopic (exact) mass is 1020 g/mol. The molecule has 0 saturated heterocycles. The standard InChI is InChI=1S/C6H12NO3.9C4H9.3Sn/c8-4-1-7(2-5-9)3-6-10;9*1-3-4-2;;;/h1-6H2;9*1,3-4H2,2H3;;;/q-3;;;;;;;;;;3*+1. The molecule has 0 radical (unpaired) electrons. The summed E-state index contributed by atoms with van der Waals surface area (Å²) in [5.41, 5.74) is 0. The molecule has 0 fully saturated rings. The van der Waals surface area contributed by atoms with E-state index in [0.717, 1.165) is 39.5 Å². The number of hydrogen-bond donors (Lipinski definition) is 0. The fourth-order valence-electron chi connectivity index (χ4n) is 7.77. The summed E-state index contributed by atoms with van der Waals surface area (Å²) in [6.07, 6.45) is 24.2. The van der Waals surface area contributed by atoms with E-state index in [1.807, 2.05) is 0 Å². The van der Waals surface area contributed by atoms with Gasteiger partial charge in [0, 0.05) is 0 Å². The number of nitrogens with zero attached hydrogens (tertiary/aromatic N) is 1. The molecule has 0 rings (SSSR count). The molecule has 0 heterocycles. The van der Waals surface area contributed by atoms with Gasteiger partial charge in [-0.15, -0.1) is 0 Å². The summed E-state index contributed by atoms with van der Waals surface area (Å²) in [5, 5.41) is 0. The van der Waals surface area contributed by atoms with E-state index in [0.29, 0.717) is 0 Å². The molecule has 0 amide bonds. The number of unbranched alkanes of at least 4 members (excludes halogenated alkanes) is 9. The molecule has 0 aliphatic rings. The van der Waals surface area contributed by atoms with E-state index in [1.165, 1.54) is 156 Å². The summed E-state index contributed by atoms with van der Waals surface area (Å²) in [6.45, 7) is 27.4. The van der Waals surface area contributed by atoms with Crippen LogP contribution in [0.3, 0.4) is 0 Å². The van der Waals surface area contributed by atoms with Crippen LogP contribution in [0.2, 0.25) is 39.9 Å². The molecular formula is C42H93NO3Sn3. The molecule has 0 atom stereocenters. The van der Waals surface area contributed by atoms with E-state index in [9.17, 15) is 0 Å². The third kappa shape index (κ3) is 25.1. The molecule has 0 aliphatic carbocycles. The van der Waals surface area contributed by atoms with Crippen molar-refractivity contribution in [1.29, 1.82) is 0 Å². The average molecular weight is 1020 g/mol. The van der Waals surface area contributed by atoms with Crippen LogP contribution in [0, 0.1) is 0 Å². The predicted octanol–water partition coefficient (Wildman–Crippen LogP) is 14.4. The predicted molar refractivity (Wildman–Crippen MR) is 229 cm³/mol. The zero-order chi connectivity index (χ0) is 36.5. The van der Waals surface area contributed by atoms with Crippen molar-refractivity contribution in [3.8, 4) is 0 Å². The molecule has 0 bridgehead atoms. The summed E-state index contributed by atoms with van der Waals surface area (Å²) in [5.74, 6) is 0. The topological polar surface area (TPSA) is 30.9 Å². The van der Waals surface area contributed by atoms with Crippen molar-refractivity contribution >= 4 is 56.4 Å². The van der Waals surface area contributed by atoms with Crippen molar-refractivity contribution in [3.63, 3.8) is 0 Å². The summed E-state index contributed by atoms with van der Waals surface area (Å²) < 4.78 is 34.8. The van der Waals surface area contributed by atoms with Crippen LogP contribution in [0.15, 0.2) is 0 Å². The first-order valence-corrected chi connectivity index (χ1v) is 44.1. The molecule has 0 spiro atoms. The first-order valence-electron chi connectivity index (χ1n) is 22.5. The van der Waals surface area contributed by atoms with Crippen LogP contribution in [0.1, 0.15) is 178 Å². The third-order valence-corrected chi connectivity index (χ3v) is 50.8. The number of hydrogen-bond acceptors (Lipinski definition) is 4. The normalized spacial score (nSPS) is 12.9. The summed E-state index contributed by atoms with van der Waals surface area (Å²) in [7, 11) is 0.